The van der Waals surface area contributed by atoms with Crippen molar-refractivity contribution in [3.05, 3.63) is 35.4 Å². The van der Waals surface area contributed by atoms with Gasteiger partial charge < -0.3 is 5.11 Å². The molecule has 0 amide bonds. The Morgan fingerprint density at radius 1 is 1.06 bits per heavy atom. The first kappa shape index (κ1) is 13.1. The van der Waals surface area contributed by atoms with Gasteiger partial charge in [-0.25, -0.2) is 0 Å². The van der Waals surface area contributed by atoms with E-state index < -0.39 is 5.97 Å². The van der Waals surface area contributed by atoms with E-state index in [2.05, 4.69) is 24.3 Å². The highest BCUT2D eigenvalue weighted by Crippen LogP contribution is 2.31. The van der Waals surface area contributed by atoms with Gasteiger partial charge in [-0.2, -0.15) is 0 Å². The summed E-state index contributed by atoms with van der Waals surface area (Å²) in [7, 11) is 0. The summed E-state index contributed by atoms with van der Waals surface area (Å²) in [6.45, 7) is 0. The molecule has 1 aliphatic carbocycles. The Kier molecular flexibility index (Phi) is 4.80. The van der Waals surface area contributed by atoms with Crippen molar-refractivity contribution in [1.82, 2.24) is 0 Å². The van der Waals surface area contributed by atoms with Gasteiger partial charge in [-0.3, -0.25) is 4.79 Å². The Bertz CT molecular complexity index is 373. The van der Waals surface area contributed by atoms with Crippen molar-refractivity contribution in [2.24, 2.45) is 0 Å². The molecule has 1 aromatic rings. The second-order valence-electron chi connectivity index (χ2n) is 5.32. The van der Waals surface area contributed by atoms with E-state index in [4.69, 9.17) is 5.11 Å². The van der Waals surface area contributed by atoms with E-state index >= 15 is 0 Å². The van der Waals surface area contributed by atoms with E-state index in [1.165, 1.54) is 44.1 Å². The number of carboxylic acids is 1. The zero-order chi connectivity index (χ0) is 12.8. The first-order chi connectivity index (χ1) is 8.75. The Hall–Kier alpha value is -1.31. The van der Waals surface area contributed by atoms with Crippen LogP contribution in [0.25, 0.3) is 0 Å². The van der Waals surface area contributed by atoms with Crippen LogP contribution in [0.4, 0.5) is 0 Å². The molecule has 0 radical (unpaired) electrons. The van der Waals surface area contributed by atoms with Crippen molar-refractivity contribution < 1.29 is 9.90 Å². The first-order valence-corrected chi connectivity index (χ1v) is 7.06. The van der Waals surface area contributed by atoms with E-state index in [9.17, 15) is 4.79 Å². The summed E-state index contributed by atoms with van der Waals surface area (Å²) >= 11 is 0. The predicted octanol–water partition coefficient (Wildman–Crippen LogP) is 4.14. The summed E-state index contributed by atoms with van der Waals surface area (Å²) < 4.78 is 0. The number of hydrogen-bond donors (Lipinski definition) is 1. The molecule has 1 aliphatic rings. The van der Waals surface area contributed by atoms with Crippen LogP contribution in [0.3, 0.4) is 0 Å². The van der Waals surface area contributed by atoms with Crippen LogP contribution in [-0.2, 0) is 11.2 Å². The van der Waals surface area contributed by atoms with Gasteiger partial charge in [-0.05, 0) is 36.3 Å². The van der Waals surface area contributed by atoms with Gasteiger partial charge in [-0.15, -0.1) is 0 Å². The SMILES string of the molecule is O=C(O)CCc1ccc(C2CCCCCC2)cc1. The normalized spacial score (nSPS) is 17.3. The maximum absolute atomic E-state index is 10.5. The summed E-state index contributed by atoms with van der Waals surface area (Å²) in [5.74, 6) is 0.00358. The van der Waals surface area contributed by atoms with Crippen molar-refractivity contribution in [2.75, 3.05) is 0 Å². The van der Waals surface area contributed by atoms with E-state index in [0.717, 1.165) is 11.5 Å². The van der Waals surface area contributed by atoms with E-state index in [1.54, 1.807) is 0 Å². The average molecular weight is 246 g/mol. The minimum Gasteiger partial charge on any atom is -0.481 e. The molecule has 0 heterocycles. The highest BCUT2D eigenvalue weighted by molar-refractivity contribution is 5.67. The van der Waals surface area contributed by atoms with Crippen molar-refractivity contribution in [2.45, 2.75) is 57.3 Å². The molecule has 0 spiro atoms. The predicted molar refractivity (Wildman–Crippen MR) is 72.8 cm³/mol. The van der Waals surface area contributed by atoms with Crippen LogP contribution >= 0.6 is 0 Å². The van der Waals surface area contributed by atoms with Gasteiger partial charge >= 0.3 is 5.97 Å². The average Bonchev–Trinajstić information content (AvgIpc) is 2.66. The van der Waals surface area contributed by atoms with Crippen LogP contribution < -0.4 is 0 Å². The van der Waals surface area contributed by atoms with Gasteiger partial charge in [0, 0.05) is 6.42 Å². The fourth-order valence-corrected chi connectivity index (χ4v) is 2.82. The molecule has 1 N–H and O–H groups in total. The maximum atomic E-state index is 10.5. The molecule has 0 aromatic heterocycles. The topological polar surface area (TPSA) is 37.3 Å². The number of benzene rings is 1. The molecule has 1 aromatic carbocycles. The van der Waals surface area contributed by atoms with E-state index in [-0.39, 0.29) is 6.42 Å². The second-order valence-corrected chi connectivity index (χ2v) is 5.32. The molecular formula is C16H22O2. The third kappa shape index (κ3) is 3.86. The third-order valence-electron chi connectivity index (χ3n) is 3.93. The van der Waals surface area contributed by atoms with Gasteiger partial charge in [0.2, 0.25) is 0 Å². The maximum Gasteiger partial charge on any atom is 0.303 e. The van der Waals surface area contributed by atoms with Crippen LogP contribution in [0.2, 0.25) is 0 Å². The minimum atomic E-state index is -0.720. The second kappa shape index (κ2) is 6.58. The summed E-state index contributed by atoms with van der Waals surface area (Å²) in [6, 6.07) is 8.60. The molecule has 98 valence electrons. The fraction of sp³-hybridized carbons (Fsp3) is 0.562. The van der Waals surface area contributed by atoms with E-state index in [1.807, 2.05) is 0 Å². The summed E-state index contributed by atoms with van der Waals surface area (Å²) in [6.07, 6.45) is 8.96. The Labute approximate surface area is 109 Å². The molecular weight excluding hydrogens is 224 g/mol. The van der Waals surface area contributed by atoms with Crippen LogP contribution in [0.1, 0.15) is 62.0 Å². The molecule has 2 nitrogen and oxygen atoms in total. The lowest BCUT2D eigenvalue weighted by molar-refractivity contribution is -0.136. The Balaban J connectivity index is 1.95. The molecule has 2 heteroatoms. The van der Waals surface area contributed by atoms with Crippen molar-refractivity contribution in [1.29, 1.82) is 0 Å². The standard InChI is InChI=1S/C16H22O2/c17-16(18)12-9-13-7-10-15(11-8-13)14-5-3-1-2-4-6-14/h7-8,10-11,14H,1-6,9,12H2,(H,17,18). The fourth-order valence-electron chi connectivity index (χ4n) is 2.82. The molecule has 0 unspecified atom stereocenters. The van der Waals surface area contributed by atoms with Crippen LogP contribution in [0, 0.1) is 0 Å². The Morgan fingerprint density at radius 2 is 1.67 bits per heavy atom. The number of aliphatic carboxylic acids is 1. The van der Waals surface area contributed by atoms with Crippen molar-refractivity contribution in [3.8, 4) is 0 Å². The van der Waals surface area contributed by atoms with Gasteiger partial charge in [0.1, 0.15) is 0 Å². The molecule has 1 fully saturated rings. The number of carboxylic acid groups (broad SMARTS) is 1. The molecule has 0 saturated heterocycles. The monoisotopic (exact) mass is 246 g/mol. The number of rotatable bonds is 4. The number of carbonyl (C=O) groups is 1. The molecule has 0 bridgehead atoms. The van der Waals surface area contributed by atoms with Gasteiger partial charge in [-0.1, -0.05) is 49.9 Å². The van der Waals surface area contributed by atoms with Crippen LogP contribution in [-0.4, -0.2) is 11.1 Å². The van der Waals surface area contributed by atoms with Gasteiger partial charge in [0.15, 0.2) is 0 Å². The van der Waals surface area contributed by atoms with Crippen LogP contribution in [0.15, 0.2) is 24.3 Å². The molecule has 1 saturated carbocycles. The molecule has 18 heavy (non-hydrogen) atoms. The number of aryl methyl sites for hydroxylation is 1. The summed E-state index contributed by atoms with van der Waals surface area (Å²) in [5, 5.41) is 8.66. The van der Waals surface area contributed by atoms with Crippen molar-refractivity contribution in [3.63, 3.8) is 0 Å². The zero-order valence-corrected chi connectivity index (χ0v) is 10.9. The highest BCUT2D eigenvalue weighted by atomic mass is 16.4. The lowest BCUT2D eigenvalue weighted by Gasteiger charge is -2.14. The van der Waals surface area contributed by atoms with Gasteiger partial charge in [0.25, 0.3) is 0 Å². The van der Waals surface area contributed by atoms with Gasteiger partial charge in [0.05, 0.1) is 0 Å². The summed E-state index contributed by atoms with van der Waals surface area (Å²) in [4.78, 5) is 10.5. The van der Waals surface area contributed by atoms with Crippen molar-refractivity contribution >= 4 is 5.97 Å². The Morgan fingerprint density at radius 3 is 2.22 bits per heavy atom. The number of hydrogen-bond acceptors (Lipinski definition) is 1. The molecule has 0 aliphatic heterocycles. The lowest BCUT2D eigenvalue weighted by atomic mass is 9.91. The molecule has 2 rings (SSSR count). The first-order valence-electron chi connectivity index (χ1n) is 7.06. The summed E-state index contributed by atoms with van der Waals surface area (Å²) in [5.41, 5.74) is 2.57. The minimum absolute atomic E-state index is 0.225. The van der Waals surface area contributed by atoms with E-state index in [0.29, 0.717) is 6.42 Å². The highest BCUT2D eigenvalue weighted by Gasteiger charge is 2.14. The molecule has 0 atom stereocenters. The lowest BCUT2D eigenvalue weighted by Crippen LogP contribution is -1.99. The largest absolute Gasteiger partial charge is 0.481 e. The van der Waals surface area contributed by atoms with Crippen LogP contribution in [0.5, 0.6) is 0 Å². The smallest absolute Gasteiger partial charge is 0.303 e. The third-order valence-corrected chi connectivity index (χ3v) is 3.93. The zero-order valence-electron chi connectivity index (χ0n) is 10.9. The quantitative estimate of drug-likeness (QED) is 0.811.